The van der Waals surface area contributed by atoms with E-state index in [0.717, 1.165) is 12.8 Å². The van der Waals surface area contributed by atoms with Crippen LogP contribution in [-0.4, -0.2) is 16.5 Å². The van der Waals surface area contributed by atoms with Gasteiger partial charge in [0.15, 0.2) is 6.29 Å². The molecule has 2 heteroatoms. The Balaban J connectivity index is 3.70. The molecule has 0 atom stereocenters. The molecule has 0 saturated heterocycles. The lowest BCUT2D eigenvalue weighted by atomic mass is 10.1. The number of aliphatic hydroxyl groups excluding tert-OH is 1. The van der Waals surface area contributed by atoms with E-state index in [0.29, 0.717) is 5.57 Å². The van der Waals surface area contributed by atoms with Crippen LogP contribution in [0, 0.1) is 0 Å². The standard InChI is InChI=1S/C7H14O2/c1-3-5-6(4-2)7(8)9/h4,7-9H,3,5H2,1-2H3/b6-4-. The molecule has 0 aromatic heterocycles. The molecule has 9 heavy (non-hydrogen) atoms. The van der Waals surface area contributed by atoms with Crippen molar-refractivity contribution in [3.63, 3.8) is 0 Å². The van der Waals surface area contributed by atoms with Crippen LogP contribution in [0.2, 0.25) is 0 Å². The fourth-order valence-corrected chi connectivity index (χ4v) is 0.711. The Morgan fingerprint density at radius 3 is 2.22 bits per heavy atom. The van der Waals surface area contributed by atoms with Crippen LogP contribution < -0.4 is 0 Å². The minimum absolute atomic E-state index is 0.706. The number of allylic oxidation sites excluding steroid dienone is 1. The molecule has 0 aliphatic heterocycles. The second kappa shape index (κ2) is 4.53. The molecule has 0 aliphatic rings. The van der Waals surface area contributed by atoms with Crippen molar-refractivity contribution in [2.24, 2.45) is 0 Å². The maximum absolute atomic E-state index is 8.63. The van der Waals surface area contributed by atoms with Gasteiger partial charge in [0.25, 0.3) is 0 Å². The highest BCUT2D eigenvalue weighted by molar-refractivity contribution is 5.02. The van der Waals surface area contributed by atoms with Crippen molar-refractivity contribution in [3.05, 3.63) is 11.6 Å². The monoisotopic (exact) mass is 130 g/mol. The van der Waals surface area contributed by atoms with Crippen LogP contribution in [-0.2, 0) is 0 Å². The molecular formula is C7H14O2. The first kappa shape index (κ1) is 8.66. The zero-order chi connectivity index (χ0) is 7.28. The molecule has 0 saturated carbocycles. The van der Waals surface area contributed by atoms with E-state index in [2.05, 4.69) is 0 Å². The molecule has 0 spiro atoms. The highest BCUT2D eigenvalue weighted by atomic mass is 16.5. The van der Waals surface area contributed by atoms with E-state index in [9.17, 15) is 0 Å². The van der Waals surface area contributed by atoms with Crippen molar-refractivity contribution in [2.45, 2.75) is 33.0 Å². The molecule has 2 N–H and O–H groups in total. The molecule has 0 aromatic carbocycles. The molecule has 0 aliphatic carbocycles. The number of rotatable bonds is 3. The summed E-state index contributed by atoms with van der Waals surface area (Å²) in [5.74, 6) is 0. The average Bonchev–Trinajstić information content (AvgIpc) is 1.82. The van der Waals surface area contributed by atoms with E-state index in [-0.39, 0.29) is 0 Å². The fraction of sp³-hybridized carbons (Fsp3) is 0.714. The Hall–Kier alpha value is -0.340. The van der Waals surface area contributed by atoms with Gasteiger partial charge in [0.2, 0.25) is 0 Å². The highest BCUT2D eigenvalue weighted by Crippen LogP contribution is 2.06. The summed E-state index contributed by atoms with van der Waals surface area (Å²) in [6, 6.07) is 0. The number of hydrogen-bond acceptors (Lipinski definition) is 2. The summed E-state index contributed by atoms with van der Waals surface area (Å²) < 4.78 is 0. The Morgan fingerprint density at radius 1 is 1.56 bits per heavy atom. The van der Waals surface area contributed by atoms with Crippen LogP contribution in [0.1, 0.15) is 26.7 Å². The van der Waals surface area contributed by atoms with Gasteiger partial charge < -0.3 is 10.2 Å². The lowest BCUT2D eigenvalue weighted by Gasteiger charge is -2.05. The molecule has 0 bridgehead atoms. The number of aliphatic hydroxyl groups is 2. The Kier molecular flexibility index (Phi) is 4.36. The van der Waals surface area contributed by atoms with Gasteiger partial charge in [-0.15, -0.1) is 0 Å². The summed E-state index contributed by atoms with van der Waals surface area (Å²) in [5.41, 5.74) is 0.706. The lowest BCUT2D eigenvalue weighted by molar-refractivity contribution is -0.0104. The molecule has 2 nitrogen and oxygen atoms in total. The Bertz CT molecular complexity index is 95.1. The van der Waals surface area contributed by atoms with Crippen LogP contribution in [0.15, 0.2) is 11.6 Å². The third-order valence-corrected chi connectivity index (χ3v) is 1.24. The van der Waals surface area contributed by atoms with Gasteiger partial charge in [0.05, 0.1) is 0 Å². The predicted octanol–water partition coefficient (Wildman–Crippen LogP) is 1.04. The quantitative estimate of drug-likeness (QED) is 0.442. The van der Waals surface area contributed by atoms with Gasteiger partial charge in [-0.1, -0.05) is 19.4 Å². The molecule has 0 unspecified atom stereocenters. The van der Waals surface area contributed by atoms with Crippen molar-refractivity contribution in [2.75, 3.05) is 0 Å². The summed E-state index contributed by atoms with van der Waals surface area (Å²) in [6.07, 6.45) is 2.22. The first-order valence-corrected chi connectivity index (χ1v) is 3.23. The largest absolute Gasteiger partial charge is 0.365 e. The van der Waals surface area contributed by atoms with E-state index in [1.807, 2.05) is 13.8 Å². The van der Waals surface area contributed by atoms with Crippen LogP contribution in [0.25, 0.3) is 0 Å². The second-order valence-corrected chi connectivity index (χ2v) is 1.99. The van der Waals surface area contributed by atoms with Gasteiger partial charge in [0.1, 0.15) is 0 Å². The fourth-order valence-electron chi connectivity index (χ4n) is 0.711. The van der Waals surface area contributed by atoms with Crippen LogP contribution in [0.4, 0.5) is 0 Å². The summed E-state index contributed by atoms with van der Waals surface area (Å²) in [5, 5.41) is 17.3. The van der Waals surface area contributed by atoms with Gasteiger partial charge in [-0.05, 0) is 18.9 Å². The Labute approximate surface area is 55.8 Å². The lowest BCUT2D eigenvalue weighted by Crippen LogP contribution is -2.07. The van der Waals surface area contributed by atoms with Crippen molar-refractivity contribution in [3.8, 4) is 0 Å². The molecule has 0 heterocycles. The van der Waals surface area contributed by atoms with Gasteiger partial charge in [0, 0.05) is 0 Å². The van der Waals surface area contributed by atoms with Crippen molar-refractivity contribution in [1.29, 1.82) is 0 Å². The molecule has 0 radical (unpaired) electrons. The third-order valence-electron chi connectivity index (χ3n) is 1.24. The van der Waals surface area contributed by atoms with Gasteiger partial charge in [-0.25, -0.2) is 0 Å². The maximum atomic E-state index is 8.63. The Morgan fingerprint density at radius 2 is 2.11 bits per heavy atom. The van der Waals surface area contributed by atoms with E-state index >= 15 is 0 Å². The molecule has 0 aromatic rings. The maximum Gasteiger partial charge on any atom is 0.174 e. The molecule has 54 valence electrons. The van der Waals surface area contributed by atoms with Gasteiger partial charge in [-0.2, -0.15) is 0 Å². The first-order chi connectivity index (χ1) is 4.22. The molecule has 0 rings (SSSR count). The third kappa shape index (κ3) is 3.27. The molecule has 0 amide bonds. The smallest absolute Gasteiger partial charge is 0.174 e. The number of hydrogen-bond donors (Lipinski definition) is 2. The van der Waals surface area contributed by atoms with Gasteiger partial charge in [-0.3, -0.25) is 0 Å². The second-order valence-electron chi connectivity index (χ2n) is 1.99. The normalized spacial score (nSPS) is 12.8. The van der Waals surface area contributed by atoms with Crippen LogP contribution in [0.3, 0.4) is 0 Å². The van der Waals surface area contributed by atoms with Crippen molar-refractivity contribution in [1.82, 2.24) is 0 Å². The summed E-state index contributed by atoms with van der Waals surface area (Å²) in [7, 11) is 0. The van der Waals surface area contributed by atoms with E-state index in [4.69, 9.17) is 10.2 Å². The predicted molar refractivity (Wildman–Crippen MR) is 36.9 cm³/mol. The summed E-state index contributed by atoms with van der Waals surface area (Å²) in [6.45, 7) is 3.82. The van der Waals surface area contributed by atoms with Crippen LogP contribution >= 0.6 is 0 Å². The zero-order valence-electron chi connectivity index (χ0n) is 5.96. The van der Waals surface area contributed by atoms with Crippen LogP contribution in [0.5, 0.6) is 0 Å². The highest BCUT2D eigenvalue weighted by Gasteiger charge is 2.01. The minimum Gasteiger partial charge on any atom is -0.365 e. The summed E-state index contributed by atoms with van der Waals surface area (Å²) >= 11 is 0. The van der Waals surface area contributed by atoms with Gasteiger partial charge >= 0.3 is 0 Å². The van der Waals surface area contributed by atoms with Crippen molar-refractivity contribution >= 4 is 0 Å². The van der Waals surface area contributed by atoms with Crippen molar-refractivity contribution < 1.29 is 10.2 Å². The topological polar surface area (TPSA) is 40.5 Å². The molecular weight excluding hydrogens is 116 g/mol. The zero-order valence-corrected chi connectivity index (χ0v) is 5.96. The average molecular weight is 130 g/mol. The SMILES string of the molecule is C/C=C(/CCC)C(O)O. The van der Waals surface area contributed by atoms with E-state index in [1.54, 1.807) is 6.08 Å². The first-order valence-electron chi connectivity index (χ1n) is 3.23. The minimum atomic E-state index is -1.25. The summed E-state index contributed by atoms with van der Waals surface area (Å²) in [4.78, 5) is 0. The molecule has 0 fully saturated rings. The van der Waals surface area contributed by atoms with E-state index in [1.165, 1.54) is 0 Å². The van der Waals surface area contributed by atoms with E-state index < -0.39 is 6.29 Å².